The molecule has 2 N–H and O–H groups in total. The molecule has 0 bridgehead atoms. The highest BCUT2D eigenvalue weighted by molar-refractivity contribution is 5.84. The van der Waals surface area contributed by atoms with Crippen molar-refractivity contribution < 1.29 is 4.79 Å². The first-order chi connectivity index (χ1) is 9.65. The van der Waals surface area contributed by atoms with E-state index < -0.39 is 6.04 Å². The lowest BCUT2D eigenvalue weighted by atomic mass is 10.1. The zero-order valence-electron chi connectivity index (χ0n) is 12.0. The molecule has 1 heterocycles. The van der Waals surface area contributed by atoms with Crippen LogP contribution in [0.15, 0.2) is 6.07 Å². The van der Waals surface area contributed by atoms with Gasteiger partial charge < -0.3 is 10.6 Å². The van der Waals surface area contributed by atoms with Gasteiger partial charge in [0.05, 0.1) is 5.56 Å². The Balaban J connectivity index is 2.13. The molecule has 1 atom stereocenters. The number of pyridine rings is 1. The first kappa shape index (κ1) is 14.3. The summed E-state index contributed by atoms with van der Waals surface area (Å²) in [5.74, 6) is 0.449. The summed E-state index contributed by atoms with van der Waals surface area (Å²) < 4.78 is 0. The van der Waals surface area contributed by atoms with Gasteiger partial charge in [-0.2, -0.15) is 5.26 Å². The molecular formula is C15H20N4O. The van der Waals surface area contributed by atoms with Crippen LogP contribution in [0, 0.1) is 11.3 Å². The van der Waals surface area contributed by atoms with Crippen LogP contribution in [0.25, 0.3) is 0 Å². The van der Waals surface area contributed by atoms with Gasteiger partial charge in [0.1, 0.15) is 17.9 Å². The number of hydrogen-bond acceptors (Lipinski definition) is 4. The first-order valence-electron chi connectivity index (χ1n) is 7.12. The third-order valence-electron chi connectivity index (χ3n) is 3.47. The summed E-state index contributed by atoms with van der Waals surface area (Å²) in [6, 6.07) is 3.65. The minimum atomic E-state index is -0.402. The standard InChI is InChI=1S/C15H20N4O/c1-3-7-17-15(20)10(2)18-14-12(9-16)8-11-5-4-6-13(11)19-14/h8,10H,3-7H2,1-2H3,(H,17,20)(H,18,19). The predicted octanol–water partition coefficient (Wildman–Crippen LogP) is 1.77. The fourth-order valence-electron chi connectivity index (χ4n) is 2.34. The Morgan fingerprint density at radius 3 is 3.05 bits per heavy atom. The van der Waals surface area contributed by atoms with E-state index in [1.165, 1.54) is 0 Å². The number of amides is 1. The summed E-state index contributed by atoms with van der Waals surface area (Å²) in [6.07, 6.45) is 3.93. The number of carbonyl (C=O) groups excluding carboxylic acids is 1. The molecule has 1 unspecified atom stereocenters. The average Bonchev–Trinajstić information content (AvgIpc) is 2.90. The molecule has 0 radical (unpaired) electrons. The van der Waals surface area contributed by atoms with Gasteiger partial charge in [0.15, 0.2) is 0 Å². The zero-order valence-corrected chi connectivity index (χ0v) is 12.0. The number of nitrogens with one attached hydrogen (secondary N) is 2. The van der Waals surface area contributed by atoms with Gasteiger partial charge in [0.2, 0.25) is 5.91 Å². The van der Waals surface area contributed by atoms with Crippen LogP contribution in [0.3, 0.4) is 0 Å². The van der Waals surface area contributed by atoms with Crippen LogP contribution in [-0.4, -0.2) is 23.5 Å². The van der Waals surface area contributed by atoms with Crippen molar-refractivity contribution in [1.82, 2.24) is 10.3 Å². The quantitative estimate of drug-likeness (QED) is 0.856. The Kier molecular flexibility index (Phi) is 4.57. The summed E-state index contributed by atoms with van der Waals surface area (Å²) in [4.78, 5) is 16.4. The predicted molar refractivity (Wildman–Crippen MR) is 77.4 cm³/mol. The minimum absolute atomic E-state index is 0.0713. The second-order valence-corrected chi connectivity index (χ2v) is 5.11. The summed E-state index contributed by atoms with van der Waals surface area (Å²) in [5.41, 5.74) is 2.73. The molecule has 0 aromatic carbocycles. The number of aromatic nitrogens is 1. The molecule has 1 amide bonds. The van der Waals surface area contributed by atoms with E-state index in [2.05, 4.69) is 21.7 Å². The first-order valence-corrected chi connectivity index (χ1v) is 7.12. The van der Waals surface area contributed by atoms with Crippen molar-refractivity contribution in [1.29, 1.82) is 5.26 Å². The maximum absolute atomic E-state index is 11.9. The van der Waals surface area contributed by atoms with Crippen molar-refractivity contribution in [2.24, 2.45) is 0 Å². The molecule has 0 fully saturated rings. The number of fused-ring (bicyclic) bond motifs is 1. The van der Waals surface area contributed by atoms with Crippen molar-refractivity contribution in [3.8, 4) is 6.07 Å². The monoisotopic (exact) mass is 272 g/mol. The second-order valence-electron chi connectivity index (χ2n) is 5.11. The number of nitriles is 1. The Hall–Kier alpha value is -2.09. The van der Waals surface area contributed by atoms with Gasteiger partial charge in [-0.05, 0) is 44.2 Å². The Labute approximate surface area is 119 Å². The van der Waals surface area contributed by atoms with Gasteiger partial charge >= 0.3 is 0 Å². The third-order valence-corrected chi connectivity index (χ3v) is 3.47. The molecule has 1 aromatic rings. The highest BCUT2D eigenvalue weighted by atomic mass is 16.2. The van der Waals surface area contributed by atoms with E-state index in [1.807, 2.05) is 13.0 Å². The fourth-order valence-corrected chi connectivity index (χ4v) is 2.34. The van der Waals surface area contributed by atoms with Crippen molar-refractivity contribution in [3.05, 3.63) is 22.9 Å². The lowest BCUT2D eigenvalue weighted by Crippen LogP contribution is -2.38. The Morgan fingerprint density at radius 2 is 2.35 bits per heavy atom. The van der Waals surface area contributed by atoms with E-state index in [9.17, 15) is 10.1 Å². The van der Waals surface area contributed by atoms with E-state index in [0.717, 1.165) is 36.9 Å². The summed E-state index contributed by atoms with van der Waals surface area (Å²) in [6.45, 7) is 4.45. The second kappa shape index (κ2) is 6.38. The van der Waals surface area contributed by atoms with Gasteiger partial charge in [-0.25, -0.2) is 4.98 Å². The van der Waals surface area contributed by atoms with Crippen molar-refractivity contribution in [2.75, 3.05) is 11.9 Å². The lowest BCUT2D eigenvalue weighted by Gasteiger charge is -2.16. The molecule has 20 heavy (non-hydrogen) atoms. The van der Waals surface area contributed by atoms with E-state index in [-0.39, 0.29) is 5.91 Å². The SMILES string of the molecule is CCCNC(=O)C(C)Nc1nc2c(cc1C#N)CCC2. The molecule has 1 aromatic heterocycles. The highest BCUT2D eigenvalue weighted by Crippen LogP contribution is 2.25. The number of anilines is 1. The molecule has 2 rings (SSSR count). The Morgan fingerprint density at radius 1 is 1.55 bits per heavy atom. The smallest absolute Gasteiger partial charge is 0.242 e. The zero-order chi connectivity index (χ0) is 14.5. The number of nitrogens with zero attached hydrogens (tertiary/aromatic N) is 2. The van der Waals surface area contributed by atoms with Crippen molar-refractivity contribution in [2.45, 2.75) is 45.6 Å². The minimum Gasteiger partial charge on any atom is -0.358 e. The fraction of sp³-hybridized carbons (Fsp3) is 0.533. The van der Waals surface area contributed by atoms with Crippen LogP contribution in [0.1, 0.15) is 43.5 Å². The van der Waals surface area contributed by atoms with Crippen LogP contribution < -0.4 is 10.6 Å². The van der Waals surface area contributed by atoms with Gasteiger partial charge in [-0.3, -0.25) is 4.79 Å². The molecule has 1 aliphatic rings. The van der Waals surface area contributed by atoms with E-state index in [1.54, 1.807) is 6.92 Å². The highest BCUT2D eigenvalue weighted by Gasteiger charge is 2.19. The van der Waals surface area contributed by atoms with E-state index >= 15 is 0 Å². The number of rotatable bonds is 5. The number of carbonyl (C=O) groups is 1. The molecule has 1 aliphatic carbocycles. The number of hydrogen-bond donors (Lipinski definition) is 2. The van der Waals surface area contributed by atoms with Gasteiger partial charge in [-0.1, -0.05) is 6.92 Å². The molecule has 0 saturated heterocycles. The molecule has 0 spiro atoms. The summed E-state index contributed by atoms with van der Waals surface area (Å²) in [7, 11) is 0. The molecule has 5 heteroatoms. The van der Waals surface area contributed by atoms with Crippen LogP contribution in [-0.2, 0) is 17.6 Å². The Bertz CT molecular complexity index is 548. The third kappa shape index (κ3) is 3.08. The van der Waals surface area contributed by atoms with Crippen LogP contribution >= 0.6 is 0 Å². The van der Waals surface area contributed by atoms with Crippen molar-refractivity contribution in [3.63, 3.8) is 0 Å². The molecule has 0 aliphatic heterocycles. The largest absolute Gasteiger partial charge is 0.358 e. The normalized spacial score (nSPS) is 14.2. The van der Waals surface area contributed by atoms with Crippen molar-refractivity contribution >= 4 is 11.7 Å². The maximum Gasteiger partial charge on any atom is 0.242 e. The van der Waals surface area contributed by atoms with Crippen LogP contribution in [0.4, 0.5) is 5.82 Å². The number of aryl methyl sites for hydroxylation is 2. The molecule has 106 valence electrons. The maximum atomic E-state index is 11.9. The van der Waals surface area contributed by atoms with E-state index in [4.69, 9.17) is 0 Å². The van der Waals surface area contributed by atoms with Crippen LogP contribution in [0.5, 0.6) is 0 Å². The molecule has 0 saturated carbocycles. The summed E-state index contributed by atoms with van der Waals surface area (Å²) in [5, 5.41) is 15.1. The molecule has 5 nitrogen and oxygen atoms in total. The topological polar surface area (TPSA) is 77.8 Å². The lowest BCUT2D eigenvalue weighted by molar-refractivity contribution is -0.121. The van der Waals surface area contributed by atoms with Gasteiger partial charge in [0, 0.05) is 12.2 Å². The average molecular weight is 272 g/mol. The van der Waals surface area contributed by atoms with Gasteiger partial charge in [-0.15, -0.1) is 0 Å². The summed E-state index contributed by atoms with van der Waals surface area (Å²) >= 11 is 0. The van der Waals surface area contributed by atoms with Gasteiger partial charge in [0.25, 0.3) is 0 Å². The molecular weight excluding hydrogens is 252 g/mol. The van der Waals surface area contributed by atoms with E-state index in [0.29, 0.717) is 17.9 Å². The van der Waals surface area contributed by atoms with Crippen LogP contribution in [0.2, 0.25) is 0 Å².